The molecule has 1 aliphatic carbocycles. The summed E-state index contributed by atoms with van der Waals surface area (Å²) in [5, 5.41) is 0. The summed E-state index contributed by atoms with van der Waals surface area (Å²) in [6.07, 6.45) is 9.35. The van der Waals surface area contributed by atoms with Crippen molar-refractivity contribution in [2.24, 2.45) is 11.7 Å². The van der Waals surface area contributed by atoms with E-state index in [9.17, 15) is 0 Å². The van der Waals surface area contributed by atoms with Crippen LogP contribution in [0.5, 0.6) is 0 Å². The minimum Gasteiger partial charge on any atom is -0.328 e. The van der Waals surface area contributed by atoms with Gasteiger partial charge in [0, 0.05) is 17.9 Å². The number of aromatic nitrogens is 1. The van der Waals surface area contributed by atoms with Crippen molar-refractivity contribution in [3.63, 3.8) is 0 Å². The molecule has 1 atom stereocenters. The zero-order valence-corrected chi connectivity index (χ0v) is 9.23. The van der Waals surface area contributed by atoms with Crippen LogP contribution < -0.4 is 5.73 Å². The van der Waals surface area contributed by atoms with Crippen molar-refractivity contribution in [2.75, 3.05) is 0 Å². The number of nitrogens with two attached hydrogens (primary N) is 1. The van der Waals surface area contributed by atoms with Crippen molar-refractivity contribution in [1.82, 2.24) is 4.98 Å². The number of aryl methyl sites for hydroxylation is 1. The number of hydrogen-bond acceptors (Lipinski definition) is 2. The van der Waals surface area contributed by atoms with Crippen LogP contribution in [0.2, 0.25) is 0 Å². The average Bonchev–Trinajstić information content (AvgIpc) is 3.09. The number of rotatable bonds is 6. The van der Waals surface area contributed by atoms with E-state index in [4.69, 9.17) is 5.73 Å². The summed E-state index contributed by atoms with van der Waals surface area (Å²) in [7, 11) is 0. The fourth-order valence-corrected chi connectivity index (χ4v) is 1.88. The Kier molecular flexibility index (Phi) is 3.73. The van der Waals surface area contributed by atoms with Gasteiger partial charge in [-0.25, -0.2) is 0 Å². The van der Waals surface area contributed by atoms with Gasteiger partial charge in [-0.15, -0.1) is 0 Å². The molecule has 2 N–H and O–H groups in total. The van der Waals surface area contributed by atoms with Crippen LogP contribution in [0.3, 0.4) is 0 Å². The third-order valence-electron chi connectivity index (χ3n) is 3.14. The van der Waals surface area contributed by atoms with E-state index in [-0.39, 0.29) is 0 Å². The first kappa shape index (κ1) is 10.6. The van der Waals surface area contributed by atoms with Crippen LogP contribution in [0.4, 0.5) is 0 Å². The quantitative estimate of drug-likeness (QED) is 0.773. The minimum absolute atomic E-state index is 0.368. The predicted molar refractivity (Wildman–Crippen MR) is 62.5 cm³/mol. The first-order valence-corrected chi connectivity index (χ1v) is 6.00. The average molecular weight is 204 g/mol. The lowest BCUT2D eigenvalue weighted by molar-refractivity contribution is 0.521. The lowest BCUT2D eigenvalue weighted by Crippen LogP contribution is -2.20. The van der Waals surface area contributed by atoms with Crippen molar-refractivity contribution in [1.29, 1.82) is 0 Å². The summed E-state index contributed by atoms with van der Waals surface area (Å²) in [5.74, 6) is 1.01. The van der Waals surface area contributed by atoms with Gasteiger partial charge in [0.15, 0.2) is 0 Å². The first-order valence-electron chi connectivity index (χ1n) is 6.00. The summed E-state index contributed by atoms with van der Waals surface area (Å²) in [4.78, 5) is 4.30. The van der Waals surface area contributed by atoms with Gasteiger partial charge in [-0.2, -0.15) is 0 Å². The SMILES string of the molecule is NC(CCc1ccccn1)CCC1CC1. The fourth-order valence-electron chi connectivity index (χ4n) is 1.88. The van der Waals surface area contributed by atoms with Gasteiger partial charge in [-0.05, 0) is 43.7 Å². The maximum Gasteiger partial charge on any atom is 0.0404 e. The molecular formula is C13H20N2. The monoisotopic (exact) mass is 204 g/mol. The number of pyridine rings is 1. The van der Waals surface area contributed by atoms with E-state index in [1.165, 1.54) is 31.4 Å². The second-order valence-corrected chi connectivity index (χ2v) is 4.64. The number of hydrogen-bond donors (Lipinski definition) is 1. The predicted octanol–water partition coefficient (Wildman–Crippen LogP) is 2.53. The third kappa shape index (κ3) is 4.00. The Bertz CT molecular complexity index is 280. The van der Waals surface area contributed by atoms with E-state index in [1.54, 1.807) is 0 Å². The van der Waals surface area contributed by atoms with Crippen molar-refractivity contribution in [2.45, 2.75) is 44.6 Å². The van der Waals surface area contributed by atoms with Crippen molar-refractivity contribution >= 4 is 0 Å². The Morgan fingerprint density at radius 1 is 1.33 bits per heavy atom. The summed E-state index contributed by atoms with van der Waals surface area (Å²) in [6, 6.07) is 6.44. The van der Waals surface area contributed by atoms with Gasteiger partial charge < -0.3 is 5.73 Å². The van der Waals surface area contributed by atoms with Crippen LogP contribution in [0.15, 0.2) is 24.4 Å². The van der Waals surface area contributed by atoms with Crippen molar-refractivity contribution in [3.05, 3.63) is 30.1 Å². The molecule has 0 bridgehead atoms. The minimum atomic E-state index is 0.368. The Hall–Kier alpha value is -0.890. The molecule has 0 aliphatic heterocycles. The third-order valence-corrected chi connectivity index (χ3v) is 3.14. The van der Waals surface area contributed by atoms with Gasteiger partial charge in [-0.1, -0.05) is 18.9 Å². The standard InChI is InChI=1S/C13H20N2/c14-12(7-6-11-4-5-11)8-9-13-3-1-2-10-15-13/h1-3,10-12H,4-9,14H2. The molecule has 1 aliphatic rings. The van der Waals surface area contributed by atoms with E-state index in [1.807, 2.05) is 18.3 Å². The Morgan fingerprint density at radius 2 is 2.20 bits per heavy atom. The second-order valence-electron chi connectivity index (χ2n) is 4.64. The lowest BCUT2D eigenvalue weighted by atomic mass is 10.0. The summed E-state index contributed by atoms with van der Waals surface area (Å²) >= 11 is 0. The Balaban J connectivity index is 1.63. The maximum atomic E-state index is 6.07. The highest BCUT2D eigenvalue weighted by molar-refractivity contribution is 5.03. The van der Waals surface area contributed by atoms with Gasteiger partial charge in [0.1, 0.15) is 0 Å². The first-order chi connectivity index (χ1) is 7.34. The van der Waals surface area contributed by atoms with Gasteiger partial charge in [0.05, 0.1) is 0 Å². The molecule has 1 aromatic heterocycles. The normalized spacial score (nSPS) is 17.7. The summed E-state index contributed by atoms with van der Waals surface area (Å²) < 4.78 is 0. The van der Waals surface area contributed by atoms with E-state index in [0.717, 1.165) is 18.8 Å². The van der Waals surface area contributed by atoms with Crippen molar-refractivity contribution in [3.8, 4) is 0 Å². The van der Waals surface area contributed by atoms with Crippen LogP contribution >= 0.6 is 0 Å². The molecule has 2 nitrogen and oxygen atoms in total. The van der Waals surface area contributed by atoms with Gasteiger partial charge >= 0.3 is 0 Å². The molecule has 0 radical (unpaired) electrons. The molecule has 0 saturated heterocycles. The van der Waals surface area contributed by atoms with Crippen LogP contribution in [-0.2, 0) is 6.42 Å². The molecule has 1 saturated carbocycles. The molecular weight excluding hydrogens is 184 g/mol. The van der Waals surface area contributed by atoms with E-state index in [2.05, 4.69) is 11.1 Å². The second kappa shape index (κ2) is 5.26. The molecule has 1 fully saturated rings. The number of nitrogens with zero attached hydrogens (tertiary/aromatic N) is 1. The lowest BCUT2D eigenvalue weighted by Gasteiger charge is -2.10. The topological polar surface area (TPSA) is 38.9 Å². The van der Waals surface area contributed by atoms with Gasteiger partial charge in [0.25, 0.3) is 0 Å². The van der Waals surface area contributed by atoms with Gasteiger partial charge in [-0.3, -0.25) is 4.98 Å². The smallest absolute Gasteiger partial charge is 0.0404 e. The molecule has 15 heavy (non-hydrogen) atoms. The highest BCUT2D eigenvalue weighted by Gasteiger charge is 2.21. The zero-order valence-electron chi connectivity index (χ0n) is 9.23. The Morgan fingerprint density at radius 3 is 2.87 bits per heavy atom. The molecule has 1 heterocycles. The molecule has 2 rings (SSSR count). The zero-order chi connectivity index (χ0) is 10.5. The molecule has 0 aromatic carbocycles. The molecule has 0 amide bonds. The summed E-state index contributed by atoms with van der Waals surface area (Å²) in [6.45, 7) is 0. The van der Waals surface area contributed by atoms with Crippen LogP contribution in [0.25, 0.3) is 0 Å². The molecule has 1 unspecified atom stereocenters. The molecule has 82 valence electrons. The van der Waals surface area contributed by atoms with E-state index < -0.39 is 0 Å². The van der Waals surface area contributed by atoms with Crippen LogP contribution in [0.1, 0.15) is 37.8 Å². The van der Waals surface area contributed by atoms with E-state index >= 15 is 0 Å². The molecule has 2 heteroatoms. The Labute approximate surface area is 91.9 Å². The highest BCUT2D eigenvalue weighted by atomic mass is 14.7. The molecule has 0 spiro atoms. The summed E-state index contributed by atoms with van der Waals surface area (Å²) in [5.41, 5.74) is 7.24. The maximum absolute atomic E-state index is 6.07. The van der Waals surface area contributed by atoms with Crippen LogP contribution in [0, 0.1) is 5.92 Å². The van der Waals surface area contributed by atoms with Crippen LogP contribution in [-0.4, -0.2) is 11.0 Å². The fraction of sp³-hybridized carbons (Fsp3) is 0.615. The van der Waals surface area contributed by atoms with E-state index in [0.29, 0.717) is 6.04 Å². The molecule has 1 aromatic rings. The largest absolute Gasteiger partial charge is 0.328 e. The van der Waals surface area contributed by atoms with Gasteiger partial charge in [0.2, 0.25) is 0 Å². The van der Waals surface area contributed by atoms with Crippen molar-refractivity contribution < 1.29 is 0 Å². The highest BCUT2D eigenvalue weighted by Crippen LogP contribution is 2.33.